The minimum atomic E-state index is -0.751. The summed E-state index contributed by atoms with van der Waals surface area (Å²) in [5.74, 6) is -0.580. The molecule has 2 heterocycles. The molecule has 0 radical (unpaired) electrons. The van der Waals surface area contributed by atoms with Crippen LogP contribution in [0.1, 0.15) is 22.3 Å². The van der Waals surface area contributed by atoms with E-state index in [-0.39, 0.29) is 30.2 Å². The smallest absolute Gasteiger partial charge is 0.330 e. The molecule has 0 bridgehead atoms. The third kappa shape index (κ3) is 5.17. The van der Waals surface area contributed by atoms with Crippen molar-refractivity contribution in [3.63, 3.8) is 0 Å². The van der Waals surface area contributed by atoms with Gasteiger partial charge in [0.2, 0.25) is 0 Å². The van der Waals surface area contributed by atoms with Gasteiger partial charge in [0.05, 0.1) is 12.2 Å². The molecular formula is C23H24N8O4. The number of hydrogen-bond acceptors (Lipinski definition) is 8. The predicted octanol–water partition coefficient (Wildman–Crippen LogP) is 0.826. The number of carbonyl (C=O) groups is 1. The number of hydrogen-bond donors (Lipinski definition) is 2. The van der Waals surface area contributed by atoms with Crippen molar-refractivity contribution in [1.82, 2.24) is 29.8 Å². The number of carbonyl (C=O) groups excluding carboxylic acids is 1. The van der Waals surface area contributed by atoms with Crippen molar-refractivity contribution < 1.29 is 9.53 Å². The topological polar surface area (TPSA) is 154 Å². The average Bonchev–Trinajstić information content (AvgIpc) is 3.41. The Morgan fingerprint density at radius 2 is 1.94 bits per heavy atom. The highest BCUT2D eigenvalue weighted by atomic mass is 16.5. The second-order valence-corrected chi connectivity index (χ2v) is 7.67. The van der Waals surface area contributed by atoms with Crippen LogP contribution in [-0.4, -0.2) is 55.9 Å². The Labute approximate surface area is 199 Å². The molecule has 0 aliphatic rings. The maximum absolute atomic E-state index is 13.6. The molecule has 1 amide bonds. The number of benzene rings is 2. The molecule has 12 heteroatoms. The van der Waals surface area contributed by atoms with Gasteiger partial charge in [-0.1, -0.05) is 36.4 Å². The van der Waals surface area contributed by atoms with Gasteiger partial charge in [-0.05, 0) is 40.6 Å². The van der Waals surface area contributed by atoms with E-state index in [0.29, 0.717) is 18.7 Å². The number of amides is 1. The molecule has 0 fully saturated rings. The number of aromatic amines is 1. The van der Waals surface area contributed by atoms with Crippen LogP contribution in [0, 0.1) is 0 Å². The normalized spacial score (nSPS) is 10.9. The van der Waals surface area contributed by atoms with Crippen LogP contribution in [-0.2, 0) is 11.3 Å². The molecule has 4 aromatic rings. The van der Waals surface area contributed by atoms with Gasteiger partial charge in [0, 0.05) is 25.8 Å². The number of H-pyrrole nitrogens is 1. The molecule has 0 unspecified atom stereocenters. The fraction of sp³-hybridized carbons (Fsp3) is 0.217. The predicted molar refractivity (Wildman–Crippen MR) is 129 cm³/mol. The number of ether oxygens (including phenoxy) is 1. The van der Waals surface area contributed by atoms with Gasteiger partial charge in [0.1, 0.15) is 12.1 Å². The van der Waals surface area contributed by atoms with Gasteiger partial charge in [0.15, 0.2) is 5.69 Å². The highest BCUT2D eigenvalue weighted by molar-refractivity contribution is 6.07. The summed E-state index contributed by atoms with van der Waals surface area (Å²) in [7, 11) is 1.54. The monoisotopic (exact) mass is 476 g/mol. The number of nitrogen functional groups attached to an aromatic ring is 1. The van der Waals surface area contributed by atoms with Crippen LogP contribution < -0.4 is 21.9 Å². The lowest BCUT2D eigenvalue weighted by molar-refractivity contribution is 0.0983. The van der Waals surface area contributed by atoms with Crippen LogP contribution in [0.3, 0.4) is 0 Å². The summed E-state index contributed by atoms with van der Waals surface area (Å²) >= 11 is 0. The van der Waals surface area contributed by atoms with Crippen LogP contribution in [0.5, 0.6) is 0 Å². The maximum Gasteiger partial charge on any atom is 0.330 e. The zero-order chi connectivity index (χ0) is 24.8. The highest BCUT2D eigenvalue weighted by Crippen LogP contribution is 2.21. The lowest BCUT2D eigenvalue weighted by Gasteiger charge is -2.25. The fourth-order valence-electron chi connectivity index (χ4n) is 3.66. The zero-order valence-electron chi connectivity index (χ0n) is 19.0. The van der Waals surface area contributed by atoms with Crippen LogP contribution >= 0.6 is 0 Å². The van der Waals surface area contributed by atoms with E-state index in [1.807, 2.05) is 30.3 Å². The first-order valence-corrected chi connectivity index (χ1v) is 10.8. The van der Waals surface area contributed by atoms with Gasteiger partial charge < -0.3 is 15.4 Å². The van der Waals surface area contributed by atoms with Gasteiger partial charge in [-0.2, -0.15) is 0 Å². The van der Waals surface area contributed by atoms with Crippen molar-refractivity contribution in [3.8, 4) is 5.69 Å². The average molecular weight is 476 g/mol. The Balaban J connectivity index is 1.77. The molecule has 2 aromatic heterocycles. The summed E-state index contributed by atoms with van der Waals surface area (Å²) in [4.78, 5) is 42.7. The third-order valence-electron chi connectivity index (χ3n) is 5.35. The van der Waals surface area contributed by atoms with Crippen molar-refractivity contribution in [3.05, 3.63) is 92.9 Å². The number of anilines is 2. The summed E-state index contributed by atoms with van der Waals surface area (Å²) in [6.45, 7) is 0.624. The van der Waals surface area contributed by atoms with Crippen LogP contribution in [0.25, 0.3) is 5.69 Å². The number of rotatable bonds is 9. The van der Waals surface area contributed by atoms with E-state index in [4.69, 9.17) is 10.5 Å². The van der Waals surface area contributed by atoms with Crippen molar-refractivity contribution in [1.29, 1.82) is 0 Å². The molecule has 12 nitrogen and oxygen atoms in total. The third-order valence-corrected chi connectivity index (χ3v) is 5.35. The van der Waals surface area contributed by atoms with Gasteiger partial charge in [0.25, 0.3) is 11.5 Å². The summed E-state index contributed by atoms with van der Waals surface area (Å²) in [6, 6.07) is 15.8. The number of nitrogens with two attached hydrogens (primary N) is 1. The van der Waals surface area contributed by atoms with E-state index in [0.717, 1.165) is 5.56 Å². The molecule has 0 atom stereocenters. The number of aromatic nitrogens is 6. The van der Waals surface area contributed by atoms with E-state index < -0.39 is 17.2 Å². The number of nitrogens with one attached hydrogen (secondary N) is 1. The van der Waals surface area contributed by atoms with E-state index in [9.17, 15) is 14.4 Å². The minimum absolute atomic E-state index is 0.102. The molecule has 0 saturated carbocycles. The molecule has 4 rings (SSSR count). The van der Waals surface area contributed by atoms with Gasteiger partial charge in [-0.3, -0.25) is 19.1 Å². The summed E-state index contributed by atoms with van der Waals surface area (Å²) in [5, 5.41) is 11.1. The van der Waals surface area contributed by atoms with Gasteiger partial charge in [-0.15, -0.1) is 5.10 Å². The van der Waals surface area contributed by atoms with Gasteiger partial charge in [-0.25, -0.2) is 9.48 Å². The fourth-order valence-corrected chi connectivity index (χ4v) is 3.66. The lowest BCUT2D eigenvalue weighted by atomic mass is 10.1. The Morgan fingerprint density at radius 3 is 2.66 bits per heavy atom. The van der Waals surface area contributed by atoms with E-state index >= 15 is 0 Å². The summed E-state index contributed by atoms with van der Waals surface area (Å²) in [6.07, 6.45) is 1.84. The lowest BCUT2D eigenvalue weighted by Crippen LogP contribution is -2.42. The number of methoxy groups -OCH3 is 1. The van der Waals surface area contributed by atoms with Gasteiger partial charge >= 0.3 is 5.69 Å². The van der Waals surface area contributed by atoms with E-state index in [1.54, 1.807) is 31.4 Å². The second-order valence-electron chi connectivity index (χ2n) is 7.67. The molecule has 2 aromatic carbocycles. The number of nitrogens with zero attached hydrogens (tertiary/aromatic N) is 6. The number of tetrazole rings is 1. The molecule has 0 spiro atoms. The maximum atomic E-state index is 13.6. The summed E-state index contributed by atoms with van der Waals surface area (Å²) in [5.41, 5.74) is 6.49. The SMILES string of the molecule is COCCCN(C(=O)c1cccc(-n2cnnn2)c1)c1c(N)n(Cc2ccccc2)c(=O)[nH]c1=O. The van der Waals surface area contributed by atoms with Crippen molar-refractivity contribution in [2.45, 2.75) is 13.0 Å². The molecule has 0 aliphatic carbocycles. The van der Waals surface area contributed by atoms with Crippen LogP contribution in [0.15, 0.2) is 70.5 Å². The first-order chi connectivity index (χ1) is 17.0. The Morgan fingerprint density at radius 1 is 1.14 bits per heavy atom. The molecule has 0 aliphatic heterocycles. The minimum Gasteiger partial charge on any atom is -0.385 e. The Hall–Kier alpha value is -4.58. The van der Waals surface area contributed by atoms with E-state index in [1.165, 1.54) is 20.5 Å². The van der Waals surface area contributed by atoms with Crippen molar-refractivity contribution in [2.75, 3.05) is 30.9 Å². The van der Waals surface area contributed by atoms with Crippen LogP contribution in [0.2, 0.25) is 0 Å². The molecule has 0 saturated heterocycles. The van der Waals surface area contributed by atoms with Crippen LogP contribution in [0.4, 0.5) is 11.5 Å². The summed E-state index contributed by atoms with van der Waals surface area (Å²) < 4.78 is 7.77. The quantitative estimate of drug-likeness (QED) is 0.337. The molecular weight excluding hydrogens is 452 g/mol. The Kier molecular flexibility index (Phi) is 7.12. The first kappa shape index (κ1) is 23.6. The Bertz CT molecular complexity index is 1410. The zero-order valence-corrected chi connectivity index (χ0v) is 19.0. The molecule has 180 valence electrons. The molecule has 35 heavy (non-hydrogen) atoms. The van der Waals surface area contributed by atoms with Crippen molar-refractivity contribution >= 4 is 17.4 Å². The highest BCUT2D eigenvalue weighted by Gasteiger charge is 2.25. The first-order valence-electron chi connectivity index (χ1n) is 10.8. The second kappa shape index (κ2) is 10.6. The standard InChI is InChI=1S/C23H24N8O4/c1-35-12-6-11-29(22(33)17-9-5-10-18(13-17)31-15-25-27-28-31)19-20(24)30(23(34)26-21(19)32)14-16-7-3-2-4-8-16/h2-5,7-10,13,15H,6,11-12,14,24H2,1H3,(H,26,32,34). The largest absolute Gasteiger partial charge is 0.385 e. The van der Waals surface area contributed by atoms with E-state index in [2.05, 4.69) is 20.5 Å². The van der Waals surface area contributed by atoms with Crippen molar-refractivity contribution in [2.24, 2.45) is 0 Å². The molecule has 3 N–H and O–H groups in total.